The zero-order chi connectivity index (χ0) is 20.3. The second kappa shape index (κ2) is 8.20. The van der Waals surface area contributed by atoms with Crippen molar-refractivity contribution in [3.63, 3.8) is 0 Å². The Kier molecular flexibility index (Phi) is 5.72. The fraction of sp³-hybridized carbons (Fsp3) is 0.421. The van der Waals surface area contributed by atoms with Gasteiger partial charge in [-0.1, -0.05) is 13.3 Å². The first-order valence-corrected chi connectivity index (χ1v) is 9.10. The van der Waals surface area contributed by atoms with Crippen molar-refractivity contribution in [2.24, 2.45) is 5.10 Å². The second-order valence-electron chi connectivity index (χ2n) is 6.52. The number of aromatic nitrogens is 2. The number of aromatic amines is 1. The van der Waals surface area contributed by atoms with E-state index in [1.807, 2.05) is 19.1 Å². The molecule has 28 heavy (non-hydrogen) atoms. The van der Waals surface area contributed by atoms with Crippen LogP contribution in [-0.4, -0.2) is 34.6 Å². The topological polar surface area (TPSA) is 118 Å². The maximum absolute atomic E-state index is 12.3. The van der Waals surface area contributed by atoms with Gasteiger partial charge >= 0.3 is 5.69 Å². The highest BCUT2D eigenvalue weighted by atomic mass is 16.5. The SMILES string of the molecule is CCCCn1c(O)c(C2=NN[C@@H](c3ccc(OC)cc3OC)C2)c(=O)[nH]c1=O. The van der Waals surface area contributed by atoms with E-state index in [4.69, 9.17) is 9.47 Å². The molecule has 3 rings (SSSR count). The molecule has 0 radical (unpaired) electrons. The third-order valence-corrected chi connectivity index (χ3v) is 4.76. The average Bonchev–Trinajstić information content (AvgIpc) is 3.16. The molecule has 0 amide bonds. The predicted octanol–water partition coefficient (Wildman–Crippen LogP) is 1.50. The van der Waals surface area contributed by atoms with E-state index in [0.717, 1.165) is 12.0 Å². The lowest BCUT2D eigenvalue weighted by Gasteiger charge is -2.15. The van der Waals surface area contributed by atoms with Crippen LogP contribution in [0.1, 0.15) is 43.4 Å². The van der Waals surface area contributed by atoms with E-state index < -0.39 is 11.2 Å². The van der Waals surface area contributed by atoms with E-state index in [1.165, 1.54) is 4.57 Å². The first-order valence-electron chi connectivity index (χ1n) is 9.10. The van der Waals surface area contributed by atoms with Gasteiger partial charge in [-0.05, 0) is 18.6 Å². The molecule has 0 saturated heterocycles. The van der Waals surface area contributed by atoms with Crippen molar-refractivity contribution in [1.82, 2.24) is 15.0 Å². The van der Waals surface area contributed by atoms with E-state index in [2.05, 4.69) is 15.5 Å². The number of nitrogens with one attached hydrogen (secondary N) is 2. The molecule has 150 valence electrons. The van der Waals surface area contributed by atoms with Crippen LogP contribution >= 0.6 is 0 Å². The van der Waals surface area contributed by atoms with E-state index in [0.29, 0.717) is 36.6 Å². The summed E-state index contributed by atoms with van der Waals surface area (Å²) in [5.74, 6) is 0.932. The summed E-state index contributed by atoms with van der Waals surface area (Å²) in [5.41, 5.74) is 2.94. The lowest BCUT2D eigenvalue weighted by Crippen LogP contribution is -2.33. The summed E-state index contributed by atoms with van der Waals surface area (Å²) in [6.45, 7) is 2.30. The number of H-pyrrole nitrogens is 1. The van der Waals surface area contributed by atoms with Gasteiger partial charge in [-0.15, -0.1) is 0 Å². The number of unbranched alkanes of at least 4 members (excludes halogenated alkanes) is 1. The Labute approximate surface area is 161 Å². The zero-order valence-electron chi connectivity index (χ0n) is 16.1. The number of ether oxygens (including phenoxy) is 2. The van der Waals surface area contributed by atoms with Crippen LogP contribution in [0.4, 0.5) is 0 Å². The largest absolute Gasteiger partial charge is 0.497 e. The number of hydrogen-bond acceptors (Lipinski definition) is 7. The highest BCUT2D eigenvalue weighted by molar-refractivity contribution is 6.03. The molecule has 1 aliphatic rings. The molecule has 9 nitrogen and oxygen atoms in total. The van der Waals surface area contributed by atoms with Crippen molar-refractivity contribution < 1.29 is 14.6 Å². The third kappa shape index (κ3) is 3.60. The monoisotopic (exact) mass is 388 g/mol. The molecular weight excluding hydrogens is 364 g/mol. The van der Waals surface area contributed by atoms with Crippen molar-refractivity contribution in [2.75, 3.05) is 14.2 Å². The summed E-state index contributed by atoms with van der Waals surface area (Å²) >= 11 is 0. The number of nitrogens with zero attached hydrogens (tertiary/aromatic N) is 2. The van der Waals surface area contributed by atoms with Gasteiger partial charge < -0.3 is 20.0 Å². The molecule has 0 saturated carbocycles. The molecule has 2 heterocycles. The summed E-state index contributed by atoms with van der Waals surface area (Å²) < 4.78 is 11.8. The number of hydrogen-bond donors (Lipinski definition) is 3. The molecule has 9 heteroatoms. The van der Waals surface area contributed by atoms with E-state index in [9.17, 15) is 14.7 Å². The highest BCUT2D eigenvalue weighted by Gasteiger charge is 2.28. The number of rotatable bonds is 7. The van der Waals surface area contributed by atoms with E-state index in [-0.39, 0.29) is 17.5 Å². The Morgan fingerprint density at radius 1 is 1.29 bits per heavy atom. The van der Waals surface area contributed by atoms with Gasteiger partial charge in [-0.25, -0.2) is 4.79 Å². The number of benzene rings is 1. The second-order valence-corrected chi connectivity index (χ2v) is 6.52. The first-order chi connectivity index (χ1) is 13.5. The van der Waals surface area contributed by atoms with Crippen LogP contribution in [0, 0.1) is 0 Å². The van der Waals surface area contributed by atoms with Gasteiger partial charge in [0, 0.05) is 24.6 Å². The minimum Gasteiger partial charge on any atom is -0.497 e. The quantitative estimate of drug-likeness (QED) is 0.662. The Bertz CT molecular complexity index is 1010. The van der Waals surface area contributed by atoms with Crippen molar-refractivity contribution in [3.05, 3.63) is 50.2 Å². The molecule has 1 aromatic heterocycles. The maximum atomic E-state index is 12.3. The summed E-state index contributed by atoms with van der Waals surface area (Å²) in [7, 11) is 3.14. The van der Waals surface area contributed by atoms with E-state index >= 15 is 0 Å². The van der Waals surface area contributed by atoms with Crippen LogP contribution in [-0.2, 0) is 6.54 Å². The standard InChI is InChI=1S/C19H24N4O5/c1-4-5-8-23-18(25)16(17(24)20-19(23)26)14-10-13(21-22-14)12-7-6-11(27-2)9-15(12)28-3/h6-7,9,13,21,25H,4-5,8,10H2,1-3H3,(H,20,24,26)/t13-/m1/s1. The minimum absolute atomic E-state index is 0.0122. The van der Waals surface area contributed by atoms with Crippen LogP contribution in [0.5, 0.6) is 17.4 Å². The van der Waals surface area contributed by atoms with Crippen molar-refractivity contribution >= 4 is 5.71 Å². The fourth-order valence-corrected chi connectivity index (χ4v) is 3.23. The molecule has 0 unspecified atom stereocenters. The Morgan fingerprint density at radius 3 is 2.75 bits per heavy atom. The Morgan fingerprint density at radius 2 is 2.07 bits per heavy atom. The van der Waals surface area contributed by atoms with Crippen LogP contribution in [0.3, 0.4) is 0 Å². The van der Waals surface area contributed by atoms with Gasteiger partial charge in [-0.3, -0.25) is 14.3 Å². The summed E-state index contributed by atoms with van der Waals surface area (Å²) in [6, 6.07) is 5.20. The summed E-state index contributed by atoms with van der Waals surface area (Å²) in [6.07, 6.45) is 1.91. The number of aromatic hydroxyl groups is 1. The molecule has 3 N–H and O–H groups in total. The van der Waals surface area contributed by atoms with Gasteiger partial charge in [0.2, 0.25) is 5.88 Å². The fourth-order valence-electron chi connectivity index (χ4n) is 3.23. The molecule has 1 atom stereocenters. The molecular formula is C19H24N4O5. The van der Waals surface area contributed by atoms with Gasteiger partial charge in [0.15, 0.2) is 0 Å². The third-order valence-electron chi connectivity index (χ3n) is 4.76. The number of methoxy groups -OCH3 is 2. The van der Waals surface area contributed by atoms with Crippen LogP contribution in [0.15, 0.2) is 32.9 Å². The molecule has 1 aliphatic heterocycles. The normalized spacial score (nSPS) is 15.8. The van der Waals surface area contributed by atoms with Gasteiger partial charge in [-0.2, -0.15) is 5.10 Å². The van der Waals surface area contributed by atoms with E-state index in [1.54, 1.807) is 20.3 Å². The molecule has 0 aliphatic carbocycles. The minimum atomic E-state index is -0.654. The number of hydrazone groups is 1. The molecule has 0 bridgehead atoms. The van der Waals surface area contributed by atoms with Crippen LogP contribution in [0.25, 0.3) is 0 Å². The molecule has 0 fully saturated rings. The smallest absolute Gasteiger partial charge is 0.331 e. The summed E-state index contributed by atoms with van der Waals surface area (Å²) in [5, 5.41) is 14.8. The van der Waals surface area contributed by atoms with Gasteiger partial charge in [0.05, 0.1) is 26.0 Å². The maximum Gasteiger partial charge on any atom is 0.331 e. The van der Waals surface area contributed by atoms with Crippen molar-refractivity contribution in [2.45, 2.75) is 38.8 Å². The predicted molar refractivity (Wildman–Crippen MR) is 104 cm³/mol. The highest BCUT2D eigenvalue weighted by Crippen LogP contribution is 2.34. The Balaban J connectivity index is 1.92. The van der Waals surface area contributed by atoms with Gasteiger partial charge in [0.1, 0.15) is 17.1 Å². The average molecular weight is 388 g/mol. The first kappa shape index (κ1) is 19.5. The van der Waals surface area contributed by atoms with Crippen LogP contribution < -0.4 is 26.1 Å². The summed E-state index contributed by atoms with van der Waals surface area (Å²) in [4.78, 5) is 26.6. The van der Waals surface area contributed by atoms with Gasteiger partial charge in [0.25, 0.3) is 5.56 Å². The molecule has 1 aromatic carbocycles. The van der Waals surface area contributed by atoms with Crippen molar-refractivity contribution in [1.29, 1.82) is 0 Å². The van der Waals surface area contributed by atoms with Crippen LogP contribution in [0.2, 0.25) is 0 Å². The molecule has 0 spiro atoms. The zero-order valence-corrected chi connectivity index (χ0v) is 16.1. The molecule has 2 aromatic rings. The lowest BCUT2D eigenvalue weighted by atomic mass is 9.99. The lowest BCUT2D eigenvalue weighted by molar-refractivity contribution is 0.386. The van der Waals surface area contributed by atoms with Crippen molar-refractivity contribution in [3.8, 4) is 17.4 Å². The Hall–Kier alpha value is -3.23.